The second kappa shape index (κ2) is 8.32. The first-order chi connectivity index (χ1) is 12.1. The average Bonchev–Trinajstić information content (AvgIpc) is 3.04. The molecule has 9 heteroatoms. The Bertz CT molecular complexity index is 824. The highest BCUT2D eigenvalue weighted by molar-refractivity contribution is 7.89. The SMILES string of the molecule is Cc1cc(C)n(C[C@@H]2CCCO2)c(=O)c1C(=O)NCCS(=O)(=O)N(C)C. The molecule has 1 fully saturated rings. The molecule has 2 heterocycles. The van der Waals surface area contributed by atoms with E-state index in [1.54, 1.807) is 17.6 Å². The first kappa shape index (κ1) is 20.6. The van der Waals surface area contributed by atoms with E-state index < -0.39 is 15.9 Å². The summed E-state index contributed by atoms with van der Waals surface area (Å²) >= 11 is 0. The molecule has 1 N–H and O–H groups in total. The molecule has 1 saturated heterocycles. The zero-order valence-electron chi connectivity index (χ0n) is 15.7. The van der Waals surface area contributed by atoms with Gasteiger partial charge in [0, 0.05) is 32.9 Å². The maximum Gasteiger partial charge on any atom is 0.263 e. The molecule has 1 aromatic heterocycles. The molecular weight excluding hydrogens is 358 g/mol. The Balaban J connectivity index is 2.17. The standard InChI is InChI=1S/C17H27N3O5S/c1-12-10-13(2)20(11-14-6-5-8-25-14)17(22)15(12)16(21)18-7-9-26(23,24)19(3)4/h10,14H,5-9,11H2,1-4H3,(H,18,21)/t14-/m0/s1. The number of carbonyl (C=O) groups excluding carboxylic acids is 1. The Hall–Kier alpha value is -1.71. The van der Waals surface area contributed by atoms with Gasteiger partial charge in [-0.1, -0.05) is 0 Å². The van der Waals surface area contributed by atoms with E-state index in [9.17, 15) is 18.0 Å². The number of nitrogens with zero attached hydrogens (tertiary/aromatic N) is 2. The summed E-state index contributed by atoms with van der Waals surface area (Å²) in [5.74, 6) is -0.775. The molecule has 26 heavy (non-hydrogen) atoms. The molecule has 0 radical (unpaired) electrons. The van der Waals surface area contributed by atoms with E-state index >= 15 is 0 Å². The predicted molar refractivity (Wildman–Crippen MR) is 99.0 cm³/mol. The minimum atomic E-state index is -3.41. The van der Waals surface area contributed by atoms with E-state index in [1.165, 1.54) is 14.1 Å². The zero-order chi connectivity index (χ0) is 19.5. The number of carbonyl (C=O) groups is 1. The van der Waals surface area contributed by atoms with Gasteiger partial charge in [0.1, 0.15) is 5.56 Å². The van der Waals surface area contributed by atoms with E-state index in [4.69, 9.17) is 4.74 Å². The van der Waals surface area contributed by atoms with Crippen molar-refractivity contribution >= 4 is 15.9 Å². The third kappa shape index (κ3) is 4.72. The highest BCUT2D eigenvalue weighted by Crippen LogP contribution is 2.15. The Labute approximate surface area is 154 Å². The van der Waals surface area contributed by atoms with Gasteiger partial charge in [0.25, 0.3) is 11.5 Å². The predicted octanol–water partition coefficient (Wildman–Crippen LogP) is 0.265. The van der Waals surface area contributed by atoms with Crippen molar-refractivity contribution in [2.75, 3.05) is 33.0 Å². The van der Waals surface area contributed by atoms with E-state index in [2.05, 4.69) is 5.32 Å². The molecule has 0 unspecified atom stereocenters. The van der Waals surface area contributed by atoms with Gasteiger partial charge in [-0.2, -0.15) is 0 Å². The maximum absolute atomic E-state index is 12.8. The largest absolute Gasteiger partial charge is 0.376 e. The van der Waals surface area contributed by atoms with Crippen LogP contribution in [0.4, 0.5) is 0 Å². The van der Waals surface area contributed by atoms with Crippen molar-refractivity contribution in [2.45, 2.75) is 39.3 Å². The summed E-state index contributed by atoms with van der Waals surface area (Å²) in [4.78, 5) is 25.3. The third-order valence-corrected chi connectivity index (χ3v) is 6.38. The van der Waals surface area contributed by atoms with Gasteiger partial charge in [0.05, 0.1) is 18.4 Å². The van der Waals surface area contributed by atoms with E-state index in [0.717, 1.165) is 22.8 Å². The van der Waals surface area contributed by atoms with Crippen LogP contribution in [0, 0.1) is 13.8 Å². The lowest BCUT2D eigenvalue weighted by Crippen LogP contribution is -2.39. The van der Waals surface area contributed by atoms with Crippen molar-refractivity contribution in [1.29, 1.82) is 0 Å². The quantitative estimate of drug-likeness (QED) is 0.726. The van der Waals surface area contributed by atoms with Crippen molar-refractivity contribution in [3.8, 4) is 0 Å². The molecule has 1 aromatic rings. The number of aromatic nitrogens is 1. The van der Waals surface area contributed by atoms with Crippen LogP contribution in [0.2, 0.25) is 0 Å². The molecular formula is C17H27N3O5S. The van der Waals surface area contributed by atoms with Crippen LogP contribution in [0.5, 0.6) is 0 Å². The van der Waals surface area contributed by atoms with Gasteiger partial charge in [-0.05, 0) is 38.3 Å². The molecule has 1 aliphatic rings. The Morgan fingerprint density at radius 2 is 2.08 bits per heavy atom. The molecule has 1 atom stereocenters. The lowest BCUT2D eigenvalue weighted by Gasteiger charge is -2.17. The van der Waals surface area contributed by atoms with Crippen LogP contribution in [0.15, 0.2) is 10.9 Å². The van der Waals surface area contributed by atoms with Gasteiger partial charge < -0.3 is 14.6 Å². The van der Waals surface area contributed by atoms with Crippen molar-refractivity contribution in [1.82, 2.24) is 14.2 Å². The lowest BCUT2D eigenvalue weighted by molar-refractivity contribution is 0.0928. The van der Waals surface area contributed by atoms with Gasteiger partial charge in [0.2, 0.25) is 10.0 Å². The maximum atomic E-state index is 12.8. The summed E-state index contributed by atoms with van der Waals surface area (Å²) in [6, 6.07) is 1.79. The molecule has 0 aromatic carbocycles. The summed E-state index contributed by atoms with van der Waals surface area (Å²) in [5, 5.41) is 2.54. The molecule has 0 spiro atoms. The molecule has 0 aliphatic carbocycles. The number of amides is 1. The highest BCUT2D eigenvalue weighted by atomic mass is 32.2. The fourth-order valence-corrected chi connectivity index (χ4v) is 3.71. The van der Waals surface area contributed by atoms with Crippen LogP contribution < -0.4 is 10.9 Å². The molecule has 2 rings (SSSR count). The number of ether oxygens (including phenoxy) is 1. The van der Waals surface area contributed by atoms with Crippen molar-refractivity contribution < 1.29 is 17.9 Å². The summed E-state index contributed by atoms with van der Waals surface area (Å²) in [6.07, 6.45) is 1.84. The minimum Gasteiger partial charge on any atom is -0.376 e. The van der Waals surface area contributed by atoms with Gasteiger partial charge in [0.15, 0.2) is 0 Å². The van der Waals surface area contributed by atoms with Crippen LogP contribution in [0.3, 0.4) is 0 Å². The lowest BCUT2D eigenvalue weighted by atomic mass is 10.1. The second-order valence-electron chi connectivity index (χ2n) is 6.75. The van der Waals surface area contributed by atoms with Crippen LogP contribution in [0.25, 0.3) is 0 Å². The summed E-state index contributed by atoms with van der Waals surface area (Å²) in [7, 11) is -0.537. The summed E-state index contributed by atoms with van der Waals surface area (Å²) in [6.45, 7) is 4.58. The zero-order valence-corrected chi connectivity index (χ0v) is 16.6. The van der Waals surface area contributed by atoms with Crippen molar-refractivity contribution in [3.05, 3.63) is 33.2 Å². The van der Waals surface area contributed by atoms with Crippen LogP contribution in [-0.4, -0.2) is 62.3 Å². The number of pyridine rings is 1. The van der Waals surface area contributed by atoms with E-state index in [1.807, 2.05) is 6.92 Å². The number of nitrogens with one attached hydrogen (secondary N) is 1. The van der Waals surface area contributed by atoms with E-state index in [0.29, 0.717) is 18.7 Å². The average molecular weight is 385 g/mol. The fraction of sp³-hybridized carbons (Fsp3) is 0.647. The van der Waals surface area contributed by atoms with Gasteiger partial charge in [-0.25, -0.2) is 12.7 Å². The van der Waals surface area contributed by atoms with Crippen molar-refractivity contribution in [3.63, 3.8) is 0 Å². The molecule has 0 saturated carbocycles. The summed E-state index contributed by atoms with van der Waals surface area (Å²) in [5.41, 5.74) is 1.03. The topological polar surface area (TPSA) is 97.7 Å². The second-order valence-corrected chi connectivity index (χ2v) is 9.05. The number of hydrogen-bond acceptors (Lipinski definition) is 5. The van der Waals surface area contributed by atoms with E-state index in [-0.39, 0.29) is 29.5 Å². The van der Waals surface area contributed by atoms with Crippen LogP contribution >= 0.6 is 0 Å². The van der Waals surface area contributed by atoms with Crippen LogP contribution in [0.1, 0.15) is 34.5 Å². The van der Waals surface area contributed by atoms with Gasteiger partial charge in [-0.3, -0.25) is 9.59 Å². The highest BCUT2D eigenvalue weighted by Gasteiger charge is 2.22. The smallest absolute Gasteiger partial charge is 0.263 e. The molecule has 1 aliphatic heterocycles. The van der Waals surface area contributed by atoms with Crippen molar-refractivity contribution in [2.24, 2.45) is 0 Å². The Morgan fingerprint density at radius 1 is 1.38 bits per heavy atom. The fourth-order valence-electron chi connectivity index (χ4n) is 2.99. The number of aryl methyl sites for hydroxylation is 2. The van der Waals surface area contributed by atoms with Crippen LogP contribution in [-0.2, 0) is 21.3 Å². The number of hydrogen-bond donors (Lipinski definition) is 1. The summed E-state index contributed by atoms with van der Waals surface area (Å²) < 4.78 is 31.8. The van der Waals surface area contributed by atoms with Gasteiger partial charge in [-0.15, -0.1) is 0 Å². The number of sulfonamides is 1. The number of rotatable bonds is 7. The first-order valence-corrected chi connectivity index (χ1v) is 10.3. The minimum absolute atomic E-state index is 0.0183. The van der Waals surface area contributed by atoms with Gasteiger partial charge >= 0.3 is 0 Å². The normalized spacial score (nSPS) is 17.7. The Morgan fingerprint density at radius 3 is 2.65 bits per heavy atom. The molecule has 1 amide bonds. The first-order valence-electron chi connectivity index (χ1n) is 8.64. The monoisotopic (exact) mass is 385 g/mol. The molecule has 8 nitrogen and oxygen atoms in total. The molecule has 146 valence electrons. The Kier molecular flexibility index (Phi) is 6.59. The molecule has 0 bridgehead atoms. The third-order valence-electron chi connectivity index (χ3n) is 4.54.